The standard InChI is InChI=1S/C5H11NO2.Al.H/c1-6-2-4-8-5-3-7;;/h2-5H2,1H3;;/q-2;+2;. The molecule has 52 valence electrons. The fourth-order valence-corrected chi connectivity index (χ4v) is 1.54. The predicted molar refractivity (Wildman–Crippen MR) is 36.5 cm³/mol. The molecular formula is C5H12AlNO2. The maximum absolute atomic E-state index is 5.33. The maximum Gasteiger partial charge on any atom is 0.554 e. The van der Waals surface area contributed by atoms with Gasteiger partial charge in [-0.3, -0.25) is 0 Å². The zero-order valence-corrected chi connectivity index (χ0v) is 7.21. The molecule has 4 heteroatoms. The minimum Gasteiger partial charge on any atom is -0.489 e. The normalized spacial score (nSPS) is 24.1. The van der Waals surface area contributed by atoms with Crippen molar-refractivity contribution >= 4 is 15.8 Å². The lowest BCUT2D eigenvalue weighted by Gasteiger charge is -2.18. The zero-order valence-electron chi connectivity index (χ0n) is 5.80. The van der Waals surface area contributed by atoms with Crippen LogP contribution in [0.3, 0.4) is 0 Å². The molecule has 0 unspecified atom stereocenters. The molecule has 1 aliphatic rings. The van der Waals surface area contributed by atoms with E-state index in [9.17, 15) is 0 Å². The van der Waals surface area contributed by atoms with Crippen LogP contribution in [-0.2, 0) is 8.53 Å². The summed E-state index contributed by atoms with van der Waals surface area (Å²) >= 11 is -0.371. The number of hydrogen-bond acceptors (Lipinski definition) is 3. The molecule has 1 fully saturated rings. The molecule has 0 spiro atoms. The third-order valence-corrected chi connectivity index (χ3v) is 2.53. The first kappa shape index (κ1) is 7.52. The summed E-state index contributed by atoms with van der Waals surface area (Å²) in [5.41, 5.74) is 0. The highest BCUT2D eigenvalue weighted by atomic mass is 27.1. The van der Waals surface area contributed by atoms with Crippen LogP contribution in [0.4, 0.5) is 0 Å². The molecule has 0 bridgehead atoms. The van der Waals surface area contributed by atoms with Gasteiger partial charge >= 0.3 is 15.8 Å². The van der Waals surface area contributed by atoms with Crippen molar-refractivity contribution in [1.29, 1.82) is 0 Å². The second-order valence-electron chi connectivity index (χ2n) is 2.23. The van der Waals surface area contributed by atoms with Crippen LogP contribution in [0.15, 0.2) is 0 Å². The molecular weight excluding hydrogens is 133 g/mol. The second kappa shape index (κ2) is 4.26. The zero-order chi connectivity index (χ0) is 6.53. The van der Waals surface area contributed by atoms with Crippen LogP contribution in [0.25, 0.3) is 0 Å². The van der Waals surface area contributed by atoms with Crippen LogP contribution in [-0.4, -0.2) is 53.1 Å². The molecule has 9 heavy (non-hydrogen) atoms. The van der Waals surface area contributed by atoms with E-state index in [4.69, 9.17) is 8.53 Å². The number of likely N-dealkylation sites (N-methyl/N-ethyl adjacent to an activating group) is 1. The summed E-state index contributed by atoms with van der Waals surface area (Å²) in [5.74, 6) is 0. The van der Waals surface area contributed by atoms with Crippen LogP contribution in [0.5, 0.6) is 0 Å². The quantitative estimate of drug-likeness (QED) is 0.418. The third kappa shape index (κ3) is 3.19. The van der Waals surface area contributed by atoms with Gasteiger partial charge in [-0.25, -0.2) is 0 Å². The van der Waals surface area contributed by atoms with E-state index >= 15 is 0 Å². The molecule has 0 saturated carbocycles. The fourth-order valence-electron chi connectivity index (χ4n) is 0.725. The Hall–Kier alpha value is 0.412. The highest BCUT2D eigenvalue weighted by Crippen LogP contribution is 1.87. The molecule has 0 aromatic rings. The number of rotatable bonds is 0. The predicted octanol–water partition coefficient (Wildman–Crippen LogP) is -0.769. The van der Waals surface area contributed by atoms with Gasteiger partial charge in [0.25, 0.3) is 0 Å². The molecule has 1 saturated heterocycles. The van der Waals surface area contributed by atoms with Crippen molar-refractivity contribution in [3.8, 4) is 0 Å². The van der Waals surface area contributed by atoms with E-state index in [0.717, 1.165) is 26.4 Å². The first-order chi connectivity index (χ1) is 4.39. The smallest absolute Gasteiger partial charge is 0.489 e. The number of hydrogen-bond donors (Lipinski definition) is 0. The molecule has 0 N–H and O–H groups in total. The van der Waals surface area contributed by atoms with Crippen molar-refractivity contribution in [3.05, 3.63) is 0 Å². The van der Waals surface area contributed by atoms with Crippen LogP contribution in [0.2, 0.25) is 0 Å². The summed E-state index contributed by atoms with van der Waals surface area (Å²) in [5, 5.41) is 0. The van der Waals surface area contributed by atoms with Gasteiger partial charge in [0.15, 0.2) is 0 Å². The first-order valence-corrected chi connectivity index (χ1v) is 4.44. The summed E-state index contributed by atoms with van der Waals surface area (Å²) in [6.45, 7) is 3.47. The van der Waals surface area contributed by atoms with Crippen LogP contribution in [0, 0.1) is 0 Å². The molecule has 0 atom stereocenters. The summed E-state index contributed by atoms with van der Waals surface area (Å²) in [7, 11) is 2.08. The van der Waals surface area contributed by atoms with Gasteiger partial charge in [0, 0.05) is 13.2 Å². The topological polar surface area (TPSA) is 21.7 Å². The summed E-state index contributed by atoms with van der Waals surface area (Å²) in [4.78, 5) is 0. The minimum absolute atomic E-state index is 0.371. The molecule has 1 aliphatic heterocycles. The minimum atomic E-state index is -0.371. The SMILES string of the molecule is C[N]1CCOCC[O][AlH]1. The summed E-state index contributed by atoms with van der Waals surface area (Å²) in [6, 6.07) is 0. The van der Waals surface area contributed by atoms with Crippen LogP contribution in [0.1, 0.15) is 0 Å². The Balaban J connectivity index is 2.12. The van der Waals surface area contributed by atoms with Crippen molar-refractivity contribution in [1.82, 2.24) is 3.88 Å². The monoisotopic (exact) mass is 145 g/mol. The van der Waals surface area contributed by atoms with E-state index in [1.807, 2.05) is 0 Å². The molecule has 3 nitrogen and oxygen atoms in total. The molecule has 1 heterocycles. The van der Waals surface area contributed by atoms with E-state index in [2.05, 4.69) is 10.9 Å². The van der Waals surface area contributed by atoms with Gasteiger partial charge in [-0.2, -0.15) is 0 Å². The lowest BCUT2D eigenvalue weighted by Crippen LogP contribution is -2.32. The van der Waals surface area contributed by atoms with Crippen molar-refractivity contribution in [2.24, 2.45) is 0 Å². The summed E-state index contributed by atoms with van der Waals surface area (Å²) < 4.78 is 12.8. The van der Waals surface area contributed by atoms with E-state index < -0.39 is 0 Å². The van der Waals surface area contributed by atoms with Crippen molar-refractivity contribution < 1.29 is 8.53 Å². The third-order valence-electron chi connectivity index (χ3n) is 1.30. The van der Waals surface area contributed by atoms with Crippen LogP contribution >= 0.6 is 0 Å². The lowest BCUT2D eigenvalue weighted by atomic mass is 10.7. The Labute approximate surface area is 62.2 Å². The Morgan fingerprint density at radius 2 is 2.22 bits per heavy atom. The number of nitrogens with zero attached hydrogens (tertiary/aromatic N) is 1. The van der Waals surface area contributed by atoms with Gasteiger partial charge < -0.3 is 12.4 Å². The fraction of sp³-hybridized carbons (Fsp3) is 1.00. The maximum atomic E-state index is 5.33. The highest BCUT2D eigenvalue weighted by Gasteiger charge is 2.06. The molecule has 0 amide bonds. The lowest BCUT2D eigenvalue weighted by molar-refractivity contribution is 0.0753. The summed E-state index contributed by atoms with van der Waals surface area (Å²) in [6.07, 6.45) is 0. The Bertz CT molecular complexity index is 73.4. The van der Waals surface area contributed by atoms with Crippen LogP contribution < -0.4 is 0 Å². The van der Waals surface area contributed by atoms with Gasteiger partial charge in [-0.15, -0.1) is 0 Å². The second-order valence-corrected chi connectivity index (χ2v) is 3.98. The molecule has 0 aromatic carbocycles. The van der Waals surface area contributed by atoms with E-state index in [1.54, 1.807) is 0 Å². The molecule has 0 radical (unpaired) electrons. The van der Waals surface area contributed by atoms with E-state index in [-0.39, 0.29) is 15.8 Å². The van der Waals surface area contributed by atoms with Gasteiger partial charge in [0.2, 0.25) is 0 Å². The van der Waals surface area contributed by atoms with Crippen molar-refractivity contribution in [2.75, 3.05) is 33.4 Å². The van der Waals surface area contributed by atoms with Gasteiger partial charge in [0.1, 0.15) is 0 Å². The van der Waals surface area contributed by atoms with Crippen molar-refractivity contribution in [2.45, 2.75) is 0 Å². The van der Waals surface area contributed by atoms with Gasteiger partial charge in [0.05, 0.1) is 13.2 Å². The largest absolute Gasteiger partial charge is 0.554 e. The average Bonchev–Trinajstić information content (AvgIpc) is 1.79. The van der Waals surface area contributed by atoms with E-state index in [0.29, 0.717) is 0 Å². The highest BCUT2D eigenvalue weighted by molar-refractivity contribution is 6.23. The average molecular weight is 145 g/mol. The van der Waals surface area contributed by atoms with Gasteiger partial charge in [-0.1, -0.05) is 0 Å². The van der Waals surface area contributed by atoms with E-state index in [1.165, 1.54) is 0 Å². The molecule has 1 rings (SSSR count). The first-order valence-electron chi connectivity index (χ1n) is 3.23. The Morgan fingerprint density at radius 1 is 1.33 bits per heavy atom. The Morgan fingerprint density at radius 3 is 3.11 bits per heavy atom. The van der Waals surface area contributed by atoms with Gasteiger partial charge in [-0.05, 0) is 7.05 Å². The molecule has 0 aromatic heterocycles. The number of ether oxygens (including phenoxy) is 1. The molecule has 0 aliphatic carbocycles. The Kier molecular flexibility index (Phi) is 3.56. The van der Waals surface area contributed by atoms with Crippen molar-refractivity contribution in [3.63, 3.8) is 0 Å².